The number of furan rings is 1. The van der Waals surface area contributed by atoms with Crippen molar-refractivity contribution in [1.82, 2.24) is 4.57 Å². The summed E-state index contributed by atoms with van der Waals surface area (Å²) in [7, 11) is 1.55. The third-order valence-corrected chi connectivity index (χ3v) is 8.43. The fourth-order valence-electron chi connectivity index (χ4n) is 4.46. The van der Waals surface area contributed by atoms with Crippen molar-refractivity contribution < 1.29 is 18.7 Å². The lowest BCUT2D eigenvalue weighted by Crippen LogP contribution is -2.40. The first kappa shape index (κ1) is 27.9. The first-order chi connectivity index (χ1) is 19.4. The number of hydrogen-bond acceptors (Lipinski definition) is 8. The molecule has 0 amide bonds. The Morgan fingerprint density at radius 3 is 2.55 bits per heavy atom. The number of nitrogens with zero attached hydrogens (tertiary/aromatic N) is 2. The molecule has 1 aliphatic heterocycles. The van der Waals surface area contributed by atoms with Gasteiger partial charge < -0.3 is 13.9 Å². The molecule has 3 heterocycles. The number of ether oxygens (including phenoxy) is 2. The van der Waals surface area contributed by atoms with E-state index in [1.807, 2.05) is 66.7 Å². The van der Waals surface area contributed by atoms with E-state index in [4.69, 9.17) is 13.9 Å². The summed E-state index contributed by atoms with van der Waals surface area (Å²) in [6.45, 7) is 6.41. The molecule has 0 N–H and O–H groups in total. The number of fused-ring (bicyclic) bond motifs is 1. The van der Waals surface area contributed by atoms with Crippen molar-refractivity contribution in [1.29, 1.82) is 0 Å². The number of thiazole rings is 1. The standard InChI is InChI=1S/C31H30N2O5S2/c1-19(2)21-10-12-22(13-11-21)28-27(30(35)37-17-16-36-4)20(3)32-31-33(28)29(34)25(40-31)18-23-14-15-26(38-23)39-24-8-6-5-7-9-24/h5-15,18-19,28H,16-17H2,1-4H3. The van der Waals surface area contributed by atoms with Crippen LogP contribution < -0.4 is 14.9 Å². The fraction of sp³-hybridized carbons (Fsp3) is 0.258. The number of methoxy groups -OCH3 is 1. The summed E-state index contributed by atoms with van der Waals surface area (Å²) in [6.07, 6.45) is 1.73. The first-order valence-electron chi connectivity index (χ1n) is 13.0. The van der Waals surface area contributed by atoms with Crippen LogP contribution in [0.25, 0.3) is 6.08 Å². The number of aromatic nitrogens is 1. The van der Waals surface area contributed by atoms with Crippen LogP contribution >= 0.6 is 23.1 Å². The van der Waals surface area contributed by atoms with Gasteiger partial charge in [-0.1, -0.05) is 79.4 Å². The number of benzene rings is 2. The Hall–Kier alpha value is -3.66. The maximum absolute atomic E-state index is 13.9. The summed E-state index contributed by atoms with van der Waals surface area (Å²) in [5, 5.41) is 0.727. The van der Waals surface area contributed by atoms with E-state index in [1.54, 1.807) is 24.7 Å². The molecule has 9 heteroatoms. The van der Waals surface area contributed by atoms with Crippen LogP contribution in [-0.2, 0) is 14.3 Å². The van der Waals surface area contributed by atoms with Gasteiger partial charge in [0.15, 0.2) is 9.89 Å². The summed E-state index contributed by atoms with van der Waals surface area (Å²) < 4.78 is 18.6. The molecular weight excluding hydrogens is 544 g/mol. The normalized spacial score (nSPS) is 15.3. The van der Waals surface area contributed by atoms with E-state index in [0.29, 0.717) is 32.3 Å². The second kappa shape index (κ2) is 12.2. The third kappa shape index (κ3) is 5.91. The minimum atomic E-state index is -0.671. The van der Waals surface area contributed by atoms with Gasteiger partial charge >= 0.3 is 5.97 Å². The van der Waals surface area contributed by atoms with Gasteiger partial charge in [0.1, 0.15) is 12.4 Å². The van der Waals surface area contributed by atoms with Crippen molar-refractivity contribution in [3.63, 3.8) is 0 Å². The molecule has 2 aromatic carbocycles. The Bertz CT molecular complexity index is 1710. The Morgan fingerprint density at radius 1 is 1.10 bits per heavy atom. The van der Waals surface area contributed by atoms with Crippen LogP contribution in [0.2, 0.25) is 0 Å². The van der Waals surface area contributed by atoms with Gasteiger partial charge in [-0.25, -0.2) is 9.79 Å². The van der Waals surface area contributed by atoms with Crippen molar-refractivity contribution in [2.75, 3.05) is 20.3 Å². The molecule has 0 saturated carbocycles. The predicted molar refractivity (Wildman–Crippen MR) is 156 cm³/mol. The van der Waals surface area contributed by atoms with Gasteiger partial charge in [0.25, 0.3) is 5.56 Å². The molecule has 0 fully saturated rings. The second-order valence-electron chi connectivity index (χ2n) is 9.60. The van der Waals surface area contributed by atoms with Crippen molar-refractivity contribution in [2.45, 2.75) is 42.7 Å². The molecule has 0 radical (unpaired) electrons. The van der Waals surface area contributed by atoms with E-state index in [2.05, 4.69) is 18.8 Å². The summed E-state index contributed by atoms with van der Waals surface area (Å²) in [5.74, 6) is 0.403. The maximum atomic E-state index is 13.9. The summed E-state index contributed by atoms with van der Waals surface area (Å²) in [6, 6.07) is 21.0. The van der Waals surface area contributed by atoms with Gasteiger partial charge in [-0.05, 0) is 48.2 Å². The minimum Gasteiger partial charge on any atom is -0.460 e. The lowest BCUT2D eigenvalue weighted by atomic mass is 9.93. The van der Waals surface area contributed by atoms with E-state index < -0.39 is 12.0 Å². The smallest absolute Gasteiger partial charge is 0.338 e. The van der Waals surface area contributed by atoms with E-state index >= 15 is 0 Å². The molecule has 0 aliphatic carbocycles. The Morgan fingerprint density at radius 2 is 1.85 bits per heavy atom. The lowest BCUT2D eigenvalue weighted by Gasteiger charge is -2.25. The topological polar surface area (TPSA) is 83.0 Å². The highest BCUT2D eigenvalue weighted by atomic mass is 32.2. The Kier molecular flexibility index (Phi) is 8.54. The Balaban J connectivity index is 1.56. The largest absolute Gasteiger partial charge is 0.460 e. The predicted octanol–water partition coefficient (Wildman–Crippen LogP) is 5.29. The number of carbonyl (C=O) groups is 1. The maximum Gasteiger partial charge on any atom is 0.338 e. The third-order valence-electron chi connectivity index (χ3n) is 6.52. The fourth-order valence-corrected chi connectivity index (χ4v) is 6.28. The van der Waals surface area contributed by atoms with Gasteiger partial charge in [-0.3, -0.25) is 9.36 Å². The molecule has 1 aliphatic rings. The second-order valence-corrected chi connectivity index (χ2v) is 11.7. The molecule has 4 aromatic rings. The minimum absolute atomic E-state index is 0.108. The average molecular weight is 575 g/mol. The molecule has 40 heavy (non-hydrogen) atoms. The van der Waals surface area contributed by atoms with Gasteiger partial charge in [-0.15, -0.1) is 0 Å². The molecule has 7 nitrogen and oxygen atoms in total. The molecular formula is C31H30N2O5S2. The van der Waals surface area contributed by atoms with Gasteiger partial charge in [-0.2, -0.15) is 0 Å². The van der Waals surface area contributed by atoms with Crippen LogP contribution in [0.5, 0.6) is 0 Å². The molecule has 1 atom stereocenters. The van der Waals surface area contributed by atoms with Crippen molar-refractivity contribution in [3.8, 4) is 0 Å². The van der Waals surface area contributed by atoms with E-state index in [-0.39, 0.29) is 18.8 Å². The molecule has 5 rings (SSSR count). The van der Waals surface area contributed by atoms with Gasteiger partial charge in [0, 0.05) is 18.1 Å². The Labute approximate surface area is 240 Å². The quantitative estimate of drug-likeness (QED) is 0.200. The average Bonchev–Trinajstić information content (AvgIpc) is 3.51. The molecule has 206 valence electrons. The summed E-state index contributed by atoms with van der Waals surface area (Å²) in [4.78, 5) is 33.4. The molecule has 2 aromatic heterocycles. The number of rotatable bonds is 9. The van der Waals surface area contributed by atoms with Crippen LogP contribution in [0.3, 0.4) is 0 Å². The number of hydrogen-bond donors (Lipinski definition) is 0. The summed E-state index contributed by atoms with van der Waals surface area (Å²) in [5.41, 5.74) is 2.59. The highest BCUT2D eigenvalue weighted by Gasteiger charge is 2.33. The van der Waals surface area contributed by atoms with Crippen LogP contribution in [-0.4, -0.2) is 30.9 Å². The zero-order chi connectivity index (χ0) is 28.2. The van der Waals surface area contributed by atoms with E-state index in [9.17, 15) is 9.59 Å². The van der Waals surface area contributed by atoms with Gasteiger partial charge in [0.2, 0.25) is 0 Å². The van der Waals surface area contributed by atoms with E-state index in [0.717, 1.165) is 15.6 Å². The van der Waals surface area contributed by atoms with Crippen LogP contribution in [0.4, 0.5) is 0 Å². The van der Waals surface area contributed by atoms with Crippen LogP contribution in [0, 0.1) is 0 Å². The monoisotopic (exact) mass is 574 g/mol. The SMILES string of the molecule is COCCOC(=O)C1=C(C)N=c2sc(=Cc3ccc(Sc4ccccc4)o3)c(=O)n2C1c1ccc(C(C)C)cc1. The summed E-state index contributed by atoms with van der Waals surface area (Å²) >= 11 is 2.78. The zero-order valence-electron chi connectivity index (χ0n) is 22.7. The van der Waals surface area contributed by atoms with Crippen molar-refractivity contribution in [2.24, 2.45) is 4.99 Å². The number of allylic oxidation sites excluding steroid dienone is 1. The number of carbonyl (C=O) groups excluding carboxylic acids is 1. The van der Waals surface area contributed by atoms with E-state index in [1.165, 1.54) is 28.7 Å². The number of esters is 1. The van der Waals surface area contributed by atoms with Crippen molar-refractivity contribution >= 4 is 35.1 Å². The zero-order valence-corrected chi connectivity index (χ0v) is 24.4. The highest BCUT2D eigenvalue weighted by molar-refractivity contribution is 7.99. The lowest BCUT2D eigenvalue weighted by molar-refractivity contribution is -0.140. The highest BCUT2D eigenvalue weighted by Crippen LogP contribution is 2.32. The van der Waals surface area contributed by atoms with Crippen molar-refractivity contribution in [3.05, 3.63) is 115 Å². The molecule has 0 spiro atoms. The van der Waals surface area contributed by atoms with Gasteiger partial charge in [0.05, 0.1) is 28.5 Å². The molecule has 0 bridgehead atoms. The molecule has 0 saturated heterocycles. The van der Waals surface area contributed by atoms with Crippen LogP contribution in [0.15, 0.2) is 102 Å². The van der Waals surface area contributed by atoms with Crippen LogP contribution in [0.1, 0.15) is 49.6 Å². The molecule has 1 unspecified atom stereocenters. The first-order valence-corrected chi connectivity index (χ1v) is 14.6.